The van der Waals surface area contributed by atoms with Crippen LogP contribution in [-0.2, 0) is 13.1 Å². The lowest BCUT2D eigenvalue weighted by Crippen LogP contribution is -2.32. The quantitative estimate of drug-likeness (QED) is 0.757. The van der Waals surface area contributed by atoms with E-state index in [-0.39, 0.29) is 0 Å². The van der Waals surface area contributed by atoms with Crippen molar-refractivity contribution in [3.63, 3.8) is 0 Å². The largest absolute Gasteiger partial charge is 0.313 e. The Bertz CT molecular complexity index is 383. The van der Waals surface area contributed by atoms with Crippen molar-refractivity contribution in [1.29, 1.82) is 0 Å². The predicted octanol–water partition coefficient (Wildman–Crippen LogP) is 3.95. The number of rotatable bonds is 7. The summed E-state index contributed by atoms with van der Waals surface area (Å²) >= 11 is 0. The first-order valence-electron chi connectivity index (χ1n) is 8.28. The van der Waals surface area contributed by atoms with Crippen molar-refractivity contribution in [2.45, 2.75) is 64.6 Å². The number of hydrogen-bond donors (Lipinski definition) is 1. The zero-order chi connectivity index (χ0) is 14.2. The molecule has 20 heavy (non-hydrogen) atoms. The van der Waals surface area contributed by atoms with E-state index >= 15 is 0 Å². The number of nitrogens with zero attached hydrogens (tertiary/aromatic N) is 1. The molecule has 0 aliphatic heterocycles. The second-order valence-corrected chi connectivity index (χ2v) is 6.20. The van der Waals surface area contributed by atoms with Gasteiger partial charge >= 0.3 is 0 Å². The molecule has 1 fully saturated rings. The molecule has 1 aromatic rings. The van der Waals surface area contributed by atoms with Crippen LogP contribution >= 0.6 is 0 Å². The van der Waals surface area contributed by atoms with Crippen LogP contribution in [0.2, 0.25) is 0 Å². The zero-order valence-electron chi connectivity index (χ0n) is 13.2. The highest BCUT2D eigenvalue weighted by Gasteiger charge is 2.17. The Balaban J connectivity index is 1.86. The summed E-state index contributed by atoms with van der Waals surface area (Å²) in [6.45, 7) is 5.40. The highest BCUT2D eigenvalue weighted by atomic mass is 15.1. The topological polar surface area (TPSA) is 15.3 Å². The molecule has 0 radical (unpaired) electrons. The Labute approximate surface area is 124 Å². The second-order valence-electron chi connectivity index (χ2n) is 6.20. The molecule has 0 atom stereocenters. The molecule has 2 rings (SSSR count). The lowest BCUT2D eigenvalue weighted by Gasteiger charge is -2.31. The molecule has 0 amide bonds. The van der Waals surface area contributed by atoms with Gasteiger partial charge in [0.05, 0.1) is 0 Å². The maximum absolute atomic E-state index is 3.48. The van der Waals surface area contributed by atoms with Crippen molar-refractivity contribution in [1.82, 2.24) is 10.2 Å². The number of hydrogen-bond acceptors (Lipinski definition) is 2. The minimum absolute atomic E-state index is 0.797. The normalized spacial score (nSPS) is 16.8. The lowest BCUT2D eigenvalue weighted by molar-refractivity contribution is 0.184. The van der Waals surface area contributed by atoms with E-state index in [0.717, 1.165) is 25.7 Å². The van der Waals surface area contributed by atoms with Gasteiger partial charge in [-0.2, -0.15) is 0 Å². The molecule has 1 aliphatic rings. The summed E-state index contributed by atoms with van der Waals surface area (Å²) in [6.07, 6.45) is 8.22. The van der Waals surface area contributed by atoms with Gasteiger partial charge in [0.25, 0.3) is 0 Å². The molecule has 0 bridgehead atoms. The van der Waals surface area contributed by atoms with E-state index in [4.69, 9.17) is 0 Å². The predicted molar refractivity (Wildman–Crippen MR) is 86.8 cm³/mol. The third-order valence-corrected chi connectivity index (χ3v) is 4.38. The molecule has 0 unspecified atom stereocenters. The third-order valence-electron chi connectivity index (χ3n) is 4.38. The fourth-order valence-electron chi connectivity index (χ4n) is 3.19. The first-order valence-corrected chi connectivity index (χ1v) is 8.28. The van der Waals surface area contributed by atoms with Crippen LogP contribution in [0.3, 0.4) is 0 Å². The van der Waals surface area contributed by atoms with Crippen LogP contribution in [0.5, 0.6) is 0 Å². The van der Waals surface area contributed by atoms with E-state index in [9.17, 15) is 0 Å². The number of nitrogens with one attached hydrogen (secondary N) is 1. The van der Waals surface area contributed by atoms with E-state index in [0.29, 0.717) is 0 Å². The Morgan fingerprint density at radius 2 is 1.90 bits per heavy atom. The average molecular weight is 274 g/mol. The van der Waals surface area contributed by atoms with Crippen molar-refractivity contribution in [3.8, 4) is 0 Å². The molecule has 1 aromatic carbocycles. The van der Waals surface area contributed by atoms with Gasteiger partial charge in [0.2, 0.25) is 0 Å². The summed E-state index contributed by atoms with van der Waals surface area (Å²) in [5.41, 5.74) is 2.86. The summed E-state index contributed by atoms with van der Waals surface area (Å²) in [5, 5.41) is 3.48. The Kier molecular flexibility index (Phi) is 6.55. The van der Waals surface area contributed by atoms with Crippen molar-refractivity contribution in [3.05, 3.63) is 35.4 Å². The van der Waals surface area contributed by atoms with E-state index < -0.39 is 0 Å². The second kappa shape index (κ2) is 8.43. The summed E-state index contributed by atoms with van der Waals surface area (Å²) in [6, 6.07) is 9.86. The Hall–Kier alpha value is -0.860. The first-order chi connectivity index (χ1) is 9.79. The van der Waals surface area contributed by atoms with Crippen LogP contribution in [0.1, 0.15) is 56.6 Å². The van der Waals surface area contributed by atoms with Gasteiger partial charge in [-0.1, -0.05) is 50.5 Å². The summed E-state index contributed by atoms with van der Waals surface area (Å²) < 4.78 is 0. The molecule has 1 aliphatic carbocycles. The van der Waals surface area contributed by atoms with Crippen molar-refractivity contribution < 1.29 is 0 Å². The molecular weight excluding hydrogens is 244 g/mol. The summed E-state index contributed by atoms with van der Waals surface area (Å²) in [5.74, 6) is 0. The van der Waals surface area contributed by atoms with Crippen molar-refractivity contribution >= 4 is 0 Å². The van der Waals surface area contributed by atoms with Crippen LogP contribution in [0, 0.1) is 0 Å². The molecule has 2 heteroatoms. The molecule has 2 nitrogen and oxygen atoms in total. The minimum Gasteiger partial charge on any atom is -0.313 e. The van der Waals surface area contributed by atoms with Gasteiger partial charge in [-0.3, -0.25) is 4.90 Å². The van der Waals surface area contributed by atoms with Crippen LogP contribution in [0.15, 0.2) is 24.3 Å². The highest BCUT2D eigenvalue weighted by Crippen LogP contribution is 2.23. The van der Waals surface area contributed by atoms with Gasteiger partial charge in [-0.05, 0) is 44.0 Å². The Morgan fingerprint density at radius 3 is 2.65 bits per heavy atom. The first kappa shape index (κ1) is 15.5. The lowest BCUT2D eigenvalue weighted by atomic mass is 9.94. The fraction of sp³-hybridized carbons (Fsp3) is 0.667. The van der Waals surface area contributed by atoms with Crippen molar-refractivity contribution in [2.75, 3.05) is 13.6 Å². The molecule has 112 valence electrons. The average Bonchev–Trinajstić information content (AvgIpc) is 2.49. The summed E-state index contributed by atoms with van der Waals surface area (Å²) in [4.78, 5) is 2.55. The maximum Gasteiger partial charge on any atom is 0.0233 e. The standard InChI is InChI=1S/C18H30N2/c1-3-12-19-14-16-8-7-9-17(13-16)15-20(2)18-10-5-4-6-11-18/h7-9,13,18-19H,3-6,10-12,14-15H2,1-2H3. The monoisotopic (exact) mass is 274 g/mol. The fourth-order valence-corrected chi connectivity index (χ4v) is 3.19. The van der Waals surface area contributed by atoms with E-state index in [1.165, 1.54) is 49.7 Å². The van der Waals surface area contributed by atoms with Gasteiger partial charge in [0.1, 0.15) is 0 Å². The molecular formula is C18H30N2. The van der Waals surface area contributed by atoms with Crippen molar-refractivity contribution in [2.24, 2.45) is 0 Å². The van der Waals surface area contributed by atoms with E-state index in [1.807, 2.05) is 0 Å². The van der Waals surface area contributed by atoms with E-state index in [2.05, 4.69) is 48.5 Å². The van der Waals surface area contributed by atoms with Crippen LogP contribution < -0.4 is 5.32 Å². The molecule has 0 saturated heterocycles. The van der Waals surface area contributed by atoms with Gasteiger partial charge < -0.3 is 5.32 Å². The zero-order valence-corrected chi connectivity index (χ0v) is 13.2. The SMILES string of the molecule is CCCNCc1cccc(CN(C)C2CCCCC2)c1. The maximum atomic E-state index is 3.48. The van der Waals surface area contributed by atoms with E-state index in [1.54, 1.807) is 0 Å². The molecule has 0 spiro atoms. The Morgan fingerprint density at radius 1 is 1.15 bits per heavy atom. The minimum atomic E-state index is 0.797. The molecule has 1 saturated carbocycles. The van der Waals surface area contributed by atoms with Gasteiger partial charge in [-0.25, -0.2) is 0 Å². The van der Waals surface area contributed by atoms with Crippen LogP contribution in [-0.4, -0.2) is 24.5 Å². The third kappa shape index (κ3) is 4.92. The van der Waals surface area contributed by atoms with Gasteiger partial charge in [-0.15, -0.1) is 0 Å². The molecule has 1 N–H and O–H groups in total. The summed E-state index contributed by atoms with van der Waals surface area (Å²) in [7, 11) is 2.29. The van der Waals surface area contributed by atoms with Crippen LogP contribution in [0.25, 0.3) is 0 Å². The smallest absolute Gasteiger partial charge is 0.0233 e. The number of benzene rings is 1. The van der Waals surface area contributed by atoms with Gasteiger partial charge in [0, 0.05) is 19.1 Å². The molecule has 0 aromatic heterocycles. The van der Waals surface area contributed by atoms with Crippen LogP contribution in [0.4, 0.5) is 0 Å². The molecule has 0 heterocycles. The highest BCUT2D eigenvalue weighted by molar-refractivity contribution is 5.23. The van der Waals surface area contributed by atoms with Gasteiger partial charge in [0.15, 0.2) is 0 Å².